The van der Waals surface area contributed by atoms with Gasteiger partial charge >= 0.3 is 6.18 Å². The smallest absolute Gasteiger partial charge is 0.375 e. The van der Waals surface area contributed by atoms with Gasteiger partial charge in [0.15, 0.2) is 0 Å². The van der Waals surface area contributed by atoms with E-state index in [1.807, 2.05) is 24.4 Å². The summed E-state index contributed by atoms with van der Waals surface area (Å²) in [4.78, 5) is 4.76. The molecule has 2 unspecified atom stereocenters. The minimum absolute atomic E-state index is 0.0652. The molecule has 3 atom stereocenters. The van der Waals surface area contributed by atoms with Crippen molar-refractivity contribution in [2.24, 2.45) is 11.1 Å². The Balaban J connectivity index is 1.27. The molecule has 5 nitrogen and oxygen atoms in total. The fraction of sp³-hybridized carbons (Fsp3) is 0.692. The Morgan fingerprint density at radius 2 is 1.91 bits per heavy atom. The van der Waals surface area contributed by atoms with Crippen molar-refractivity contribution in [3.63, 3.8) is 0 Å². The molecule has 34 heavy (non-hydrogen) atoms. The maximum Gasteiger partial charge on any atom is 0.396 e. The Bertz CT molecular complexity index is 1040. The Morgan fingerprint density at radius 1 is 1.12 bits per heavy atom. The first-order valence-electron chi connectivity index (χ1n) is 12.7. The number of halogens is 3. The molecule has 4 heterocycles. The van der Waals surface area contributed by atoms with Gasteiger partial charge in [-0.25, -0.2) is 0 Å². The van der Waals surface area contributed by atoms with E-state index in [0.29, 0.717) is 12.8 Å². The average Bonchev–Trinajstić information content (AvgIpc) is 3.20. The Hall–Kier alpha value is -1.93. The van der Waals surface area contributed by atoms with Crippen molar-refractivity contribution in [3.8, 4) is 0 Å². The van der Waals surface area contributed by atoms with E-state index in [1.165, 1.54) is 12.8 Å². The maximum atomic E-state index is 13.8. The lowest BCUT2D eigenvalue weighted by atomic mass is 9.67. The number of hydrogen-bond donors (Lipinski definition) is 1. The molecule has 0 amide bonds. The van der Waals surface area contributed by atoms with E-state index in [9.17, 15) is 13.2 Å². The van der Waals surface area contributed by atoms with Crippen LogP contribution in [0.2, 0.25) is 0 Å². The van der Waals surface area contributed by atoms with E-state index in [4.69, 9.17) is 20.6 Å². The molecular weight excluding hydrogens is 441 g/mol. The zero-order chi connectivity index (χ0) is 23.6. The predicted octanol–water partition coefficient (Wildman–Crippen LogP) is 5.56. The van der Waals surface area contributed by atoms with Crippen LogP contribution in [0.25, 0.3) is 0 Å². The average molecular weight is 475 g/mol. The summed E-state index contributed by atoms with van der Waals surface area (Å²) >= 11 is 0. The lowest BCUT2D eigenvalue weighted by Crippen LogP contribution is -2.46. The number of alkyl halides is 3. The summed E-state index contributed by atoms with van der Waals surface area (Å²) in [5.74, 6) is 0. The predicted molar refractivity (Wildman–Crippen MR) is 121 cm³/mol. The molecule has 1 saturated heterocycles. The van der Waals surface area contributed by atoms with Crippen LogP contribution in [0.15, 0.2) is 30.5 Å². The topological polar surface area (TPSA) is 66.0 Å². The second-order valence-corrected chi connectivity index (χ2v) is 11.2. The van der Waals surface area contributed by atoms with Crippen molar-refractivity contribution in [1.29, 1.82) is 0 Å². The molecule has 1 spiro atoms. The molecule has 2 aliphatic heterocycles. The molecule has 2 aliphatic carbocycles. The highest BCUT2D eigenvalue weighted by atomic mass is 19.4. The van der Waals surface area contributed by atoms with Crippen molar-refractivity contribution in [2.75, 3.05) is 6.61 Å². The fourth-order valence-electron chi connectivity index (χ4n) is 7.14. The number of fused-ring (bicyclic) bond motifs is 1. The molecule has 2 aromatic heterocycles. The summed E-state index contributed by atoms with van der Waals surface area (Å²) in [5.41, 5.74) is 7.17. The molecular formula is C26H33F3N4O. The number of aryl methyl sites for hydroxylation is 1. The molecule has 3 fully saturated rings. The third-order valence-electron chi connectivity index (χ3n) is 9.19. The second kappa shape index (κ2) is 7.79. The molecule has 8 heteroatoms. The SMILES string of the molecule is NC1CC(C2(C(F)(F)F)CC2)n2nc(CC[C@@]3(c4ccccn4)CCOC4(CCCC4)C3)cc21. The summed E-state index contributed by atoms with van der Waals surface area (Å²) in [6, 6.07) is 6.99. The van der Waals surface area contributed by atoms with E-state index in [-0.39, 0.29) is 29.9 Å². The van der Waals surface area contributed by atoms with Crippen LogP contribution in [-0.4, -0.2) is 33.1 Å². The van der Waals surface area contributed by atoms with Gasteiger partial charge in [0.25, 0.3) is 0 Å². The zero-order valence-electron chi connectivity index (χ0n) is 19.5. The van der Waals surface area contributed by atoms with Gasteiger partial charge in [-0.1, -0.05) is 18.9 Å². The first kappa shape index (κ1) is 22.5. The van der Waals surface area contributed by atoms with Crippen LogP contribution in [0.1, 0.15) is 93.4 Å². The first-order chi connectivity index (χ1) is 16.3. The molecule has 4 aliphatic rings. The van der Waals surface area contributed by atoms with Crippen molar-refractivity contribution in [2.45, 2.75) is 99.9 Å². The van der Waals surface area contributed by atoms with E-state index in [2.05, 4.69) is 6.07 Å². The normalized spacial score (nSPS) is 31.6. The molecule has 0 bridgehead atoms. The highest BCUT2D eigenvalue weighted by Gasteiger charge is 2.69. The van der Waals surface area contributed by atoms with Crippen LogP contribution in [0.4, 0.5) is 13.2 Å². The number of rotatable bonds is 5. The van der Waals surface area contributed by atoms with Crippen molar-refractivity contribution < 1.29 is 17.9 Å². The number of hydrogen-bond acceptors (Lipinski definition) is 4. The van der Waals surface area contributed by atoms with Gasteiger partial charge in [0, 0.05) is 30.0 Å². The quantitative estimate of drug-likeness (QED) is 0.616. The monoisotopic (exact) mass is 474 g/mol. The van der Waals surface area contributed by atoms with E-state index in [0.717, 1.165) is 55.8 Å². The summed E-state index contributed by atoms with van der Waals surface area (Å²) in [7, 11) is 0. The Kier molecular flexibility index (Phi) is 5.16. The summed E-state index contributed by atoms with van der Waals surface area (Å²) < 4.78 is 49.5. The highest BCUT2D eigenvalue weighted by molar-refractivity contribution is 5.25. The van der Waals surface area contributed by atoms with Crippen LogP contribution in [-0.2, 0) is 16.6 Å². The summed E-state index contributed by atoms with van der Waals surface area (Å²) in [5, 5.41) is 4.73. The van der Waals surface area contributed by atoms with Gasteiger partial charge in [-0.2, -0.15) is 18.3 Å². The van der Waals surface area contributed by atoms with Gasteiger partial charge in [0.1, 0.15) is 0 Å². The van der Waals surface area contributed by atoms with Crippen LogP contribution < -0.4 is 5.73 Å². The maximum absolute atomic E-state index is 13.8. The minimum Gasteiger partial charge on any atom is -0.375 e. The Labute approximate surface area is 198 Å². The van der Waals surface area contributed by atoms with Gasteiger partial charge in [-0.15, -0.1) is 0 Å². The van der Waals surface area contributed by atoms with Gasteiger partial charge in [0.2, 0.25) is 0 Å². The van der Waals surface area contributed by atoms with Crippen LogP contribution in [0, 0.1) is 5.41 Å². The minimum atomic E-state index is -4.22. The molecule has 0 aromatic carbocycles. The zero-order valence-corrected chi connectivity index (χ0v) is 19.5. The second-order valence-electron chi connectivity index (χ2n) is 11.2. The number of nitrogens with two attached hydrogens (primary N) is 1. The largest absolute Gasteiger partial charge is 0.396 e. The Morgan fingerprint density at radius 3 is 2.59 bits per heavy atom. The fourth-order valence-corrected chi connectivity index (χ4v) is 7.14. The van der Waals surface area contributed by atoms with Gasteiger partial charge in [0.05, 0.1) is 28.4 Å². The van der Waals surface area contributed by atoms with Crippen molar-refractivity contribution >= 4 is 0 Å². The van der Waals surface area contributed by atoms with E-state index < -0.39 is 17.6 Å². The number of pyridine rings is 1. The lowest BCUT2D eigenvalue weighted by Gasteiger charge is -2.46. The standard InChI is InChI=1S/C26H33F3N4O/c27-26(28,29)25(10-11-25)22-16-19(30)20-15-18(32-33(20)22)6-9-23(21-5-1-4-13-31-21)12-14-34-24(17-23)7-2-3-8-24/h1,4-5,13,15,19,22H,2-3,6-12,14,16-17,30H2/t19?,22?,23-/m1/s1. The highest BCUT2D eigenvalue weighted by Crippen LogP contribution is 2.66. The van der Waals surface area contributed by atoms with Crippen LogP contribution in [0.5, 0.6) is 0 Å². The van der Waals surface area contributed by atoms with Crippen molar-refractivity contribution in [3.05, 3.63) is 47.5 Å². The van der Waals surface area contributed by atoms with Crippen LogP contribution in [0.3, 0.4) is 0 Å². The number of aromatic nitrogens is 3. The summed E-state index contributed by atoms with van der Waals surface area (Å²) in [6.45, 7) is 0.720. The van der Waals surface area contributed by atoms with Crippen LogP contribution >= 0.6 is 0 Å². The van der Waals surface area contributed by atoms with E-state index in [1.54, 1.807) is 4.68 Å². The first-order valence-corrected chi connectivity index (χ1v) is 12.7. The molecule has 2 saturated carbocycles. The van der Waals surface area contributed by atoms with Gasteiger partial charge < -0.3 is 10.5 Å². The van der Waals surface area contributed by atoms with Gasteiger partial charge in [-0.3, -0.25) is 9.67 Å². The molecule has 184 valence electrons. The molecule has 0 radical (unpaired) electrons. The van der Waals surface area contributed by atoms with E-state index >= 15 is 0 Å². The number of ether oxygens (including phenoxy) is 1. The third kappa shape index (κ3) is 3.51. The van der Waals surface area contributed by atoms with Gasteiger partial charge in [-0.05, 0) is 76.0 Å². The number of nitrogens with zero attached hydrogens (tertiary/aromatic N) is 3. The lowest BCUT2D eigenvalue weighted by molar-refractivity contribution is -0.200. The molecule has 2 aromatic rings. The summed E-state index contributed by atoms with van der Waals surface area (Å²) in [6.07, 6.45) is 6.30. The van der Waals surface area contributed by atoms with Crippen molar-refractivity contribution in [1.82, 2.24) is 14.8 Å². The molecule has 6 rings (SSSR count). The molecule has 2 N–H and O–H groups in total. The third-order valence-corrected chi connectivity index (χ3v) is 9.19.